The van der Waals surface area contributed by atoms with Crippen LogP contribution >= 0.6 is 23.2 Å². The van der Waals surface area contributed by atoms with Crippen molar-refractivity contribution in [2.75, 3.05) is 0 Å². The molecule has 1 aromatic heterocycles. The Morgan fingerprint density at radius 1 is 1.57 bits per heavy atom. The van der Waals surface area contributed by atoms with Crippen molar-refractivity contribution in [2.45, 2.75) is 12.3 Å². The molecule has 0 saturated carbocycles. The Balaban J connectivity index is 3.32. The van der Waals surface area contributed by atoms with Crippen molar-refractivity contribution < 1.29 is 8.78 Å². The largest absolute Gasteiger partial charge is 0.281 e. The standard InChI is InChI=1S/C8H4Cl2F2N2/c9-2-6-4(3-13)1-5(10)7(14-6)8(11)12/h1,8H,2H2. The number of rotatable bonds is 2. The summed E-state index contributed by atoms with van der Waals surface area (Å²) in [4.78, 5) is 3.52. The molecule has 0 fully saturated rings. The Morgan fingerprint density at radius 3 is 2.64 bits per heavy atom. The van der Waals surface area contributed by atoms with E-state index in [1.54, 1.807) is 6.07 Å². The third-order valence-electron chi connectivity index (χ3n) is 1.54. The molecule has 0 aliphatic heterocycles. The number of hydrogen-bond donors (Lipinski definition) is 0. The summed E-state index contributed by atoms with van der Waals surface area (Å²) in [6.45, 7) is 0. The van der Waals surface area contributed by atoms with E-state index in [2.05, 4.69) is 4.98 Å². The molecule has 0 unspecified atom stereocenters. The molecule has 0 aromatic carbocycles. The molecule has 0 spiro atoms. The van der Waals surface area contributed by atoms with Crippen LogP contribution < -0.4 is 0 Å². The predicted octanol–water partition coefficient (Wildman–Crippen LogP) is 3.28. The summed E-state index contributed by atoms with van der Waals surface area (Å²) < 4.78 is 24.6. The first-order valence-corrected chi connectivity index (χ1v) is 4.45. The number of nitriles is 1. The Bertz CT molecular complexity index is 387. The van der Waals surface area contributed by atoms with Gasteiger partial charge in [-0.25, -0.2) is 13.8 Å². The summed E-state index contributed by atoms with van der Waals surface area (Å²) in [5.41, 5.74) is -0.301. The quantitative estimate of drug-likeness (QED) is 0.740. The number of nitrogens with zero attached hydrogens (tertiary/aromatic N) is 2. The normalized spacial score (nSPS) is 10.3. The minimum Gasteiger partial charge on any atom is -0.248 e. The van der Waals surface area contributed by atoms with Crippen LogP contribution in [-0.4, -0.2) is 4.98 Å². The first kappa shape index (κ1) is 11.2. The minimum absolute atomic E-state index is 0.0974. The fraction of sp³-hybridized carbons (Fsp3) is 0.250. The van der Waals surface area contributed by atoms with Gasteiger partial charge in [-0.15, -0.1) is 11.6 Å². The van der Waals surface area contributed by atoms with E-state index in [0.29, 0.717) is 0 Å². The molecular formula is C8H4Cl2F2N2. The smallest absolute Gasteiger partial charge is 0.248 e. The van der Waals surface area contributed by atoms with E-state index in [1.165, 1.54) is 0 Å². The van der Waals surface area contributed by atoms with Gasteiger partial charge in [0.1, 0.15) is 11.8 Å². The van der Waals surface area contributed by atoms with Gasteiger partial charge in [0.05, 0.1) is 22.2 Å². The zero-order valence-electron chi connectivity index (χ0n) is 6.77. The lowest BCUT2D eigenvalue weighted by Gasteiger charge is -2.05. The highest BCUT2D eigenvalue weighted by Crippen LogP contribution is 2.27. The monoisotopic (exact) mass is 236 g/mol. The fourth-order valence-electron chi connectivity index (χ4n) is 0.895. The number of aromatic nitrogens is 1. The van der Waals surface area contributed by atoms with Gasteiger partial charge in [-0.1, -0.05) is 11.6 Å². The molecule has 6 heteroatoms. The van der Waals surface area contributed by atoms with Gasteiger partial charge in [-0.2, -0.15) is 5.26 Å². The number of hydrogen-bond acceptors (Lipinski definition) is 2. The highest BCUT2D eigenvalue weighted by Gasteiger charge is 2.17. The molecule has 0 aliphatic rings. The molecule has 0 aliphatic carbocycles. The van der Waals surface area contributed by atoms with E-state index >= 15 is 0 Å². The van der Waals surface area contributed by atoms with Crippen LogP contribution in [-0.2, 0) is 5.88 Å². The Kier molecular flexibility index (Phi) is 3.62. The molecule has 74 valence electrons. The minimum atomic E-state index is -2.77. The van der Waals surface area contributed by atoms with Crippen LogP contribution in [0.5, 0.6) is 0 Å². The van der Waals surface area contributed by atoms with E-state index in [0.717, 1.165) is 6.07 Å². The van der Waals surface area contributed by atoms with Crippen molar-refractivity contribution in [1.29, 1.82) is 5.26 Å². The third kappa shape index (κ3) is 2.11. The number of halogens is 4. The lowest BCUT2D eigenvalue weighted by molar-refractivity contribution is 0.146. The highest BCUT2D eigenvalue weighted by atomic mass is 35.5. The summed E-state index contributed by atoms with van der Waals surface area (Å²) in [5.74, 6) is -0.0974. The topological polar surface area (TPSA) is 36.7 Å². The average Bonchev–Trinajstić information content (AvgIpc) is 2.16. The van der Waals surface area contributed by atoms with Gasteiger partial charge >= 0.3 is 0 Å². The van der Waals surface area contributed by atoms with Crippen LogP contribution in [0.4, 0.5) is 8.78 Å². The van der Waals surface area contributed by atoms with Crippen molar-refractivity contribution in [1.82, 2.24) is 4.98 Å². The maximum absolute atomic E-state index is 12.3. The second kappa shape index (κ2) is 4.54. The molecule has 0 amide bonds. The van der Waals surface area contributed by atoms with Crippen molar-refractivity contribution in [3.05, 3.63) is 28.0 Å². The van der Waals surface area contributed by atoms with Gasteiger partial charge in [0, 0.05) is 0 Å². The highest BCUT2D eigenvalue weighted by molar-refractivity contribution is 6.31. The maximum Gasteiger partial charge on any atom is 0.281 e. The molecule has 0 bridgehead atoms. The zero-order chi connectivity index (χ0) is 10.7. The third-order valence-corrected chi connectivity index (χ3v) is 2.09. The van der Waals surface area contributed by atoms with Crippen molar-refractivity contribution in [2.24, 2.45) is 0 Å². The Hall–Kier alpha value is -0.920. The predicted molar refractivity (Wildman–Crippen MR) is 48.5 cm³/mol. The van der Waals surface area contributed by atoms with E-state index in [4.69, 9.17) is 28.5 Å². The second-order valence-corrected chi connectivity index (χ2v) is 3.07. The van der Waals surface area contributed by atoms with Gasteiger partial charge in [0.15, 0.2) is 0 Å². The fourth-order valence-corrected chi connectivity index (χ4v) is 1.33. The van der Waals surface area contributed by atoms with Gasteiger partial charge in [-0.3, -0.25) is 0 Å². The molecule has 1 heterocycles. The van der Waals surface area contributed by atoms with Gasteiger partial charge in [0.2, 0.25) is 0 Å². The first-order valence-electron chi connectivity index (χ1n) is 3.53. The van der Waals surface area contributed by atoms with Crippen LogP contribution in [0.15, 0.2) is 6.07 Å². The van der Waals surface area contributed by atoms with Gasteiger partial charge < -0.3 is 0 Å². The maximum atomic E-state index is 12.3. The molecule has 0 radical (unpaired) electrons. The lowest BCUT2D eigenvalue weighted by Crippen LogP contribution is -1.99. The van der Waals surface area contributed by atoms with Crippen molar-refractivity contribution >= 4 is 23.2 Å². The number of pyridine rings is 1. The van der Waals surface area contributed by atoms with Crippen LogP contribution in [0.2, 0.25) is 5.02 Å². The average molecular weight is 237 g/mol. The lowest BCUT2D eigenvalue weighted by atomic mass is 10.2. The second-order valence-electron chi connectivity index (χ2n) is 2.40. The van der Waals surface area contributed by atoms with E-state index in [1.807, 2.05) is 0 Å². The van der Waals surface area contributed by atoms with Gasteiger partial charge in [-0.05, 0) is 6.07 Å². The number of alkyl halides is 3. The molecule has 0 atom stereocenters. The summed E-state index contributed by atoms with van der Waals surface area (Å²) in [5, 5.41) is 8.39. The van der Waals surface area contributed by atoms with Gasteiger partial charge in [0.25, 0.3) is 6.43 Å². The van der Waals surface area contributed by atoms with Crippen molar-refractivity contribution in [3.63, 3.8) is 0 Å². The van der Waals surface area contributed by atoms with E-state index in [9.17, 15) is 8.78 Å². The molecular weight excluding hydrogens is 233 g/mol. The summed E-state index contributed by atoms with van der Waals surface area (Å²) >= 11 is 10.9. The van der Waals surface area contributed by atoms with Crippen LogP contribution in [0, 0.1) is 11.3 Å². The summed E-state index contributed by atoms with van der Waals surface area (Å²) in [6.07, 6.45) is -2.77. The summed E-state index contributed by atoms with van der Waals surface area (Å²) in [7, 11) is 0. The Morgan fingerprint density at radius 2 is 2.21 bits per heavy atom. The van der Waals surface area contributed by atoms with E-state index < -0.39 is 12.1 Å². The molecule has 2 nitrogen and oxygen atoms in total. The van der Waals surface area contributed by atoms with E-state index in [-0.39, 0.29) is 22.2 Å². The SMILES string of the molecule is N#Cc1cc(Cl)c(C(F)F)nc1CCl. The molecule has 0 N–H and O–H groups in total. The molecule has 1 rings (SSSR count). The molecule has 1 aromatic rings. The van der Waals surface area contributed by atoms with Crippen LogP contribution in [0.1, 0.15) is 23.4 Å². The zero-order valence-corrected chi connectivity index (χ0v) is 8.28. The van der Waals surface area contributed by atoms with Crippen LogP contribution in [0.25, 0.3) is 0 Å². The Labute approximate surface area is 89.1 Å². The first-order chi connectivity index (χ1) is 6.60. The summed E-state index contributed by atoms with van der Waals surface area (Å²) in [6, 6.07) is 2.92. The van der Waals surface area contributed by atoms with Crippen molar-refractivity contribution in [3.8, 4) is 6.07 Å². The molecule has 0 saturated heterocycles. The van der Waals surface area contributed by atoms with Crippen LogP contribution in [0.3, 0.4) is 0 Å². The molecule has 14 heavy (non-hydrogen) atoms.